The Hall–Kier alpha value is -3.12. The summed E-state index contributed by atoms with van der Waals surface area (Å²) in [6, 6.07) is 17.5. The Balaban J connectivity index is 1.44. The van der Waals surface area contributed by atoms with Crippen molar-refractivity contribution in [3.63, 3.8) is 0 Å². The van der Waals surface area contributed by atoms with Crippen molar-refractivity contribution in [2.45, 2.75) is 38.3 Å². The van der Waals surface area contributed by atoms with Crippen molar-refractivity contribution in [3.8, 4) is 0 Å². The van der Waals surface area contributed by atoms with Gasteiger partial charge in [0.15, 0.2) is 5.58 Å². The van der Waals surface area contributed by atoms with Crippen LogP contribution in [-0.4, -0.2) is 10.5 Å². The van der Waals surface area contributed by atoms with E-state index in [0.29, 0.717) is 11.1 Å². The number of nitrogens with zero attached hydrogens (tertiary/aromatic N) is 1. The lowest BCUT2D eigenvalue weighted by Gasteiger charge is -2.22. The molecule has 0 fully saturated rings. The number of carbonyl (C=O) groups is 1. The van der Waals surface area contributed by atoms with Gasteiger partial charge in [-0.3, -0.25) is 9.36 Å². The molecule has 5 nitrogen and oxygen atoms in total. The Morgan fingerprint density at radius 3 is 2.73 bits per heavy atom. The van der Waals surface area contributed by atoms with Crippen LogP contribution in [0.1, 0.15) is 40.5 Å². The van der Waals surface area contributed by atoms with E-state index in [4.69, 9.17) is 4.42 Å². The molecule has 1 atom stereocenters. The van der Waals surface area contributed by atoms with Gasteiger partial charge in [-0.15, -0.1) is 11.3 Å². The number of hydrogen-bond donors (Lipinski definition) is 1. The smallest absolute Gasteiger partial charge is 0.408 e. The second-order valence-electron chi connectivity index (χ2n) is 7.67. The van der Waals surface area contributed by atoms with Crippen LogP contribution in [0.25, 0.3) is 11.1 Å². The van der Waals surface area contributed by atoms with Gasteiger partial charge in [-0.25, -0.2) is 4.79 Å². The summed E-state index contributed by atoms with van der Waals surface area (Å²) in [6.45, 7) is -0.0807. The minimum Gasteiger partial charge on any atom is -0.408 e. The molecular formula is C24H22N2O3S. The van der Waals surface area contributed by atoms with Crippen LogP contribution >= 0.6 is 11.3 Å². The summed E-state index contributed by atoms with van der Waals surface area (Å²) in [6.07, 6.45) is 4.67. The van der Waals surface area contributed by atoms with Gasteiger partial charge in [0, 0.05) is 4.88 Å². The molecule has 0 radical (unpaired) electrons. The molecule has 1 aliphatic carbocycles. The van der Waals surface area contributed by atoms with Crippen molar-refractivity contribution < 1.29 is 9.21 Å². The van der Waals surface area contributed by atoms with E-state index in [-0.39, 0.29) is 18.5 Å². The molecular weight excluding hydrogens is 396 g/mol. The van der Waals surface area contributed by atoms with E-state index >= 15 is 0 Å². The van der Waals surface area contributed by atoms with Crippen LogP contribution in [0.2, 0.25) is 0 Å². The molecule has 0 spiro atoms. The fraction of sp³-hybridized carbons (Fsp3) is 0.250. The van der Waals surface area contributed by atoms with E-state index in [1.54, 1.807) is 29.5 Å². The number of hydrogen-bond acceptors (Lipinski definition) is 4. The predicted octanol–water partition coefficient (Wildman–Crippen LogP) is 4.44. The summed E-state index contributed by atoms with van der Waals surface area (Å²) < 4.78 is 6.63. The number of carbonyl (C=O) groups excluding carboxylic acids is 1. The zero-order valence-corrected chi connectivity index (χ0v) is 17.3. The molecule has 5 rings (SSSR count). The second kappa shape index (κ2) is 7.95. The summed E-state index contributed by atoms with van der Waals surface area (Å²) in [4.78, 5) is 26.3. The van der Waals surface area contributed by atoms with Crippen molar-refractivity contribution >= 4 is 28.3 Å². The summed E-state index contributed by atoms with van der Waals surface area (Å²) in [5.41, 5.74) is 4.99. The molecule has 1 amide bonds. The van der Waals surface area contributed by atoms with E-state index in [1.807, 2.05) is 23.6 Å². The number of amides is 1. The van der Waals surface area contributed by atoms with Crippen LogP contribution in [0.5, 0.6) is 0 Å². The van der Waals surface area contributed by atoms with Crippen LogP contribution in [-0.2, 0) is 24.2 Å². The van der Waals surface area contributed by atoms with Crippen molar-refractivity contribution in [1.82, 2.24) is 9.88 Å². The number of rotatable bonds is 5. The third-order valence-corrected chi connectivity index (χ3v) is 6.65. The summed E-state index contributed by atoms with van der Waals surface area (Å²) in [7, 11) is 0. The average molecular weight is 419 g/mol. The van der Waals surface area contributed by atoms with Crippen molar-refractivity contribution in [1.29, 1.82) is 0 Å². The maximum absolute atomic E-state index is 13.0. The molecule has 1 aliphatic rings. The minimum atomic E-state index is -0.521. The Morgan fingerprint density at radius 2 is 1.90 bits per heavy atom. The fourth-order valence-corrected chi connectivity index (χ4v) is 5.02. The first kappa shape index (κ1) is 18.9. The standard InChI is InChI=1S/C24H22N2O3S/c27-22(15-26-19-8-3-4-9-20(19)29-24(26)28)25-23(21-10-5-13-30-21)18-12-11-16-6-1-2-7-17(16)14-18/h3-5,8-14,23H,1-2,6-7,15H2,(H,25,27)/t23-/m1/s1. The molecule has 6 heteroatoms. The third kappa shape index (κ3) is 3.59. The number of aromatic nitrogens is 1. The van der Waals surface area contributed by atoms with Crippen molar-refractivity contribution in [3.05, 3.63) is 92.1 Å². The second-order valence-corrected chi connectivity index (χ2v) is 8.65. The molecule has 0 saturated heterocycles. The quantitative estimate of drug-likeness (QED) is 0.521. The van der Waals surface area contributed by atoms with Gasteiger partial charge >= 0.3 is 5.76 Å². The van der Waals surface area contributed by atoms with E-state index in [1.165, 1.54) is 28.5 Å². The first-order chi connectivity index (χ1) is 14.7. The summed E-state index contributed by atoms with van der Waals surface area (Å²) in [5, 5.41) is 5.16. The lowest BCUT2D eigenvalue weighted by Crippen LogP contribution is -2.34. The Kier molecular flexibility index (Phi) is 5.01. The zero-order valence-electron chi connectivity index (χ0n) is 16.5. The largest absolute Gasteiger partial charge is 0.420 e. The molecule has 30 heavy (non-hydrogen) atoms. The van der Waals surface area contributed by atoms with Crippen LogP contribution in [0.3, 0.4) is 0 Å². The van der Waals surface area contributed by atoms with Crippen LogP contribution in [0.4, 0.5) is 0 Å². The lowest BCUT2D eigenvalue weighted by atomic mass is 9.89. The number of benzene rings is 2. The maximum atomic E-state index is 13.0. The number of thiophene rings is 1. The van der Waals surface area contributed by atoms with Crippen LogP contribution in [0.15, 0.2) is 69.2 Å². The normalized spacial score (nSPS) is 14.4. The number of para-hydroxylation sites is 2. The molecule has 2 heterocycles. The van der Waals surface area contributed by atoms with Crippen LogP contribution < -0.4 is 11.1 Å². The first-order valence-corrected chi connectivity index (χ1v) is 11.1. The van der Waals surface area contributed by atoms with Gasteiger partial charge in [0.25, 0.3) is 0 Å². The molecule has 0 saturated carbocycles. The highest BCUT2D eigenvalue weighted by atomic mass is 32.1. The topological polar surface area (TPSA) is 64.2 Å². The minimum absolute atomic E-state index is 0.0807. The Bertz CT molecular complexity index is 1250. The monoisotopic (exact) mass is 418 g/mol. The average Bonchev–Trinajstić information content (AvgIpc) is 3.40. The number of oxazole rings is 1. The SMILES string of the molecule is O=C(Cn1c(=O)oc2ccccc21)N[C@H](c1ccc2c(c1)CCCC2)c1cccs1. The highest BCUT2D eigenvalue weighted by Crippen LogP contribution is 2.30. The highest BCUT2D eigenvalue weighted by Gasteiger charge is 2.21. The number of aryl methyl sites for hydroxylation is 2. The zero-order chi connectivity index (χ0) is 20.5. The lowest BCUT2D eigenvalue weighted by molar-refractivity contribution is -0.122. The van der Waals surface area contributed by atoms with Crippen molar-refractivity contribution in [2.75, 3.05) is 0 Å². The van der Waals surface area contributed by atoms with Gasteiger partial charge in [-0.05, 0) is 66.0 Å². The molecule has 0 unspecified atom stereocenters. The third-order valence-electron chi connectivity index (χ3n) is 5.71. The van der Waals surface area contributed by atoms with Gasteiger partial charge < -0.3 is 9.73 Å². The van der Waals surface area contributed by atoms with E-state index in [0.717, 1.165) is 23.3 Å². The molecule has 152 valence electrons. The molecule has 4 aromatic rings. The van der Waals surface area contributed by atoms with Gasteiger partial charge in [-0.2, -0.15) is 0 Å². The molecule has 0 aliphatic heterocycles. The number of nitrogens with one attached hydrogen (secondary N) is 1. The molecule has 2 aromatic carbocycles. The predicted molar refractivity (Wildman–Crippen MR) is 118 cm³/mol. The Labute approximate surface area is 178 Å². The molecule has 1 N–H and O–H groups in total. The molecule has 0 bridgehead atoms. The van der Waals surface area contributed by atoms with E-state index in [9.17, 15) is 9.59 Å². The maximum Gasteiger partial charge on any atom is 0.420 e. The van der Waals surface area contributed by atoms with Crippen molar-refractivity contribution in [2.24, 2.45) is 0 Å². The number of fused-ring (bicyclic) bond motifs is 2. The first-order valence-electron chi connectivity index (χ1n) is 10.2. The van der Waals surface area contributed by atoms with E-state index < -0.39 is 5.76 Å². The summed E-state index contributed by atoms with van der Waals surface area (Å²) >= 11 is 1.62. The summed E-state index contributed by atoms with van der Waals surface area (Å²) in [5.74, 6) is -0.743. The van der Waals surface area contributed by atoms with E-state index in [2.05, 4.69) is 23.5 Å². The van der Waals surface area contributed by atoms with Gasteiger partial charge in [0.05, 0.1) is 11.6 Å². The molecule has 2 aromatic heterocycles. The van der Waals surface area contributed by atoms with Crippen LogP contribution in [0, 0.1) is 0 Å². The van der Waals surface area contributed by atoms with Gasteiger partial charge in [0.1, 0.15) is 6.54 Å². The fourth-order valence-electron chi connectivity index (χ4n) is 4.22. The van der Waals surface area contributed by atoms with Gasteiger partial charge in [-0.1, -0.05) is 36.4 Å². The highest BCUT2D eigenvalue weighted by molar-refractivity contribution is 7.10. The van der Waals surface area contributed by atoms with Gasteiger partial charge in [0.2, 0.25) is 5.91 Å². The Morgan fingerprint density at radius 1 is 1.07 bits per heavy atom.